The minimum Gasteiger partial charge on any atom is -0.353 e. The van der Waals surface area contributed by atoms with Gasteiger partial charge in [0.15, 0.2) is 9.84 Å². The molecule has 1 aliphatic carbocycles. The first-order chi connectivity index (χ1) is 12.7. The van der Waals surface area contributed by atoms with Crippen LogP contribution in [0.4, 0.5) is 4.39 Å². The van der Waals surface area contributed by atoms with E-state index in [4.69, 9.17) is 11.6 Å². The van der Waals surface area contributed by atoms with Crippen molar-refractivity contribution < 1.29 is 17.6 Å². The summed E-state index contributed by atoms with van der Waals surface area (Å²) >= 11 is 5.89. The highest BCUT2D eigenvalue weighted by molar-refractivity contribution is 7.91. The van der Waals surface area contributed by atoms with E-state index in [1.807, 2.05) is 24.3 Å². The van der Waals surface area contributed by atoms with Crippen molar-refractivity contribution in [2.24, 2.45) is 5.92 Å². The summed E-state index contributed by atoms with van der Waals surface area (Å²) in [5, 5.41) is 3.61. The van der Waals surface area contributed by atoms with Crippen LogP contribution in [-0.2, 0) is 14.6 Å². The Hall–Kier alpha value is -1.92. The van der Waals surface area contributed by atoms with Crippen molar-refractivity contribution in [3.63, 3.8) is 0 Å². The number of hydrogen-bond acceptors (Lipinski definition) is 3. The fourth-order valence-corrected chi connectivity index (χ4v) is 4.91. The van der Waals surface area contributed by atoms with Gasteiger partial charge in [0.05, 0.1) is 10.6 Å². The average Bonchev–Trinajstić information content (AvgIpc) is 2.58. The van der Waals surface area contributed by atoms with Gasteiger partial charge in [-0.1, -0.05) is 30.7 Å². The van der Waals surface area contributed by atoms with E-state index < -0.39 is 21.6 Å². The minimum atomic E-state index is -3.64. The Bertz CT molecular complexity index is 907. The standard InChI is InChI=1S/C20H21ClFNO3S/c1-13(12-27(25,26)19-8-6-17(22)7-9-19)20(24)23-18-10-15(11-18)14-2-4-16(21)5-3-14/h2-9,13,15,18H,10-12H2,1H3,(H,23,24)/t13-,15?,18?/m0/s1. The third-order valence-corrected chi connectivity index (χ3v) is 7.10. The summed E-state index contributed by atoms with van der Waals surface area (Å²) < 4.78 is 37.7. The van der Waals surface area contributed by atoms with Crippen LogP contribution in [0.15, 0.2) is 53.4 Å². The van der Waals surface area contributed by atoms with E-state index in [9.17, 15) is 17.6 Å². The summed E-state index contributed by atoms with van der Waals surface area (Å²) in [4.78, 5) is 12.4. The lowest BCUT2D eigenvalue weighted by atomic mass is 9.76. The van der Waals surface area contributed by atoms with Crippen molar-refractivity contribution in [1.29, 1.82) is 0 Å². The molecule has 0 saturated heterocycles. The Morgan fingerprint density at radius 3 is 2.33 bits per heavy atom. The van der Waals surface area contributed by atoms with Crippen molar-refractivity contribution in [2.45, 2.75) is 36.6 Å². The first-order valence-electron chi connectivity index (χ1n) is 8.79. The molecule has 2 aromatic rings. The molecule has 0 aliphatic heterocycles. The van der Waals surface area contributed by atoms with Gasteiger partial charge in [-0.05, 0) is 60.7 Å². The van der Waals surface area contributed by atoms with Gasteiger partial charge >= 0.3 is 0 Å². The van der Waals surface area contributed by atoms with Crippen LogP contribution in [0.3, 0.4) is 0 Å². The smallest absolute Gasteiger partial charge is 0.224 e. The molecule has 1 atom stereocenters. The van der Waals surface area contributed by atoms with Crippen LogP contribution < -0.4 is 5.32 Å². The van der Waals surface area contributed by atoms with Crippen molar-refractivity contribution in [3.05, 3.63) is 64.9 Å². The van der Waals surface area contributed by atoms with Gasteiger partial charge in [-0.15, -0.1) is 0 Å². The predicted octanol–water partition coefficient (Wildman–Crippen LogP) is 3.95. The largest absolute Gasteiger partial charge is 0.353 e. The van der Waals surface area contributed by atoms with E-state index in [1.54, 1.807) is 6.92 Å². The van der Waals surface area contributed by atoms with Crippen molar-refractivity contribution in [1.82, 2.24) is 5.32 Å². The van der Waals surface area contributed by atoms with Gasteiger partial charge in [-0.25, -0.2) is 12.8 Å². The molecular weight excluding hydrogens is 389 g/mol. The van der Waals surface area contributed by atoms with Gasteiger partial charge in [0.1, 0.15) is 5.82 Å². The lowest BCUT2D eigenvalue weighted by Crippen LogP contribution is -2.46. The average molecular weight is 410 g/mol. The fourth-order valence-electron chi connectivity index (χ4n) is 3.23. The molecule has 0 unspecified atom stereocenters. The van der Waals surface area contributed by atoms with Gasteiger partial charge in [0.25, 0.3) is 0 Å². The number of carbonyl (C=O) groups is 1. The molecule has 1 amide bonds. The lowest BCUT2D eigenvalue weighted by molar-refractivity contribution is -0.125. The highest BCUT2D eigenvalue weighted by Gasteiger charge is 2.33. The zero-order valence-electron chi connectivity index (χ0n) is 14.9. The number of nitrogens with one attached hydrogen (secondary N) is 1. The van der Waals surface area contributed by atoms with Crippen molar-refractivity contribution in [3.8, 4) is 0 Å². The normalized spacial score (nSPS) is 20.6. The second-order valence-electron chi connectivity index (χ2n) is 7.06. The molecule has 3 rings (SSSR count). The van der Waals surface area contributed by atoms with Crippen LogP contribution in [0.1, 0.15) is 31.2 Å². The first-order valence-corrected chi connectivity index (χ1v) is 10.8. The molecule has 144 valence electrons. The molecule has 0 spiro atoms. The third kappa shape index (κ3) is 4.87. The highest BCUT2D eigenvalue weighted by atomic mass is 35.5. The van der Waals surface area contributed by atoms with Crippen LogP contribution in [-0.4, -0.2) is 26.1 Å². The number of halogens is 2. The van der Waals surface area contributed by atoms with Gasteiger partial charge in [0.2, 0.25) is 5.91 Å². The second-order valence-corrected chi connectivity index (χ2v) is 9.53. The molecule has 1 N–H and O–H groups in total. The topological polar surface area (TPSA) is 63.2 Å². The van der Waals surface area contributed by atoms with Crippen molar-refractivity contribution >= 4 is 27.3 Å². The molecule has 2 aromatic carbocycles. The summed E-state index contributed by atoms with van der Waals surface area (Å²) in [5.41, 5.74) is 1.19. The highest BCUT2D eigenvalue weighted by Crippen LogP contribution is 2.37. The molecule has 1 fully saturated rings. The van der Waals surface area contributed by atoms with E-state index in [0.717, 1.165) is 25.0 Å². The Morgan fingerprint density at radius 2 is 1.74 bits per heavy atom. The molecule has 1 aliphatic rings. The summed E-state index contributed by atoms with van der Waals surface area (Å²) in [7, 11) is -3.64. The van der Waals surface area contributed by atoms with Crippen molar-refractivity contribution in [2.75, 3.05) is 5.75 Å². The Labute approximate surface area is 163 Å². The second kappa shape index (κ2) is 7.98. The quantitative estimate of drug-likeness (QED) is 0.735. The number of carbonyl (C=O) groups excluding carboxylic acids is 1. The minimum absolute atomic E-state index is 0.0231. The molecular formula is C20H21ClFNO3S. The molecule has 7 heteroatoms. The number of rotatable bonds is 6. The Balaban J connectivity index is 1.51. The summed E-state index contributed by atoms with van der Waals surface area (Å²) in [6.07, 6.45) is 1.65. The summed E-state index contributed by atoms with van der Waals surface area (Å²) in [5.74, 6) is -1.39. The van der Waals surface area contributed by atoms with Crippen LogP contribution in [0, 0.1) is 11.7 Å². The van der Waals surface area contributed by atoms with Crippen LogP contribution in [0.5, 0.6) is 0 Å². The van der Waals surface area contributed by atoms with Gasteiger partial charge < -0.3 is 5.32 Å². The van der Waals surface area contributed by atoms with E-state index in [0.29, 0.717) is 10.9 Å². The van der Waals surface area contributed by atoms with Gasteiger partial charge in [-0.3, -0.25) is 4.79 Å². The molecule has 0 aromatic heterocycles. The molecule has 27 heavy (non-hydrogen) atoms. The van der Waals surface area contributed by atoms with Gasteiger partial charge in [0, 0.05) is 17.0 Å². The maximum absolute atomic E-state index is 13.0. The van der Waals surface area contributed by atoms with E-state index in [-0.39, 0.29) is 22.6 Å². The van der Waals surface area contributed by atoms with Crippen LogP contribution in [0.2, 0.25) is 5.02 Å². The number of sulfone groups is 1. The fraction of sp³-hybridized carbons (Fsp3) is 0.350. The van der Waals surface area contributed by atoms with Gasteiger partial charge in [-0.2, -0.15) is 0 Å². The monoisotopic (exact) mass is 409 g/mol. The zero-order chi connectivity index (χ0) is 19.6. The van der Waals surface area contributed by atoms with E-state index in [2.05, 4.69) is 5.32 Å². The molecule has 1 saturated carbocycles. The Morgan fingerprint density at radius 1 is 1.15 bits per heavy atom. The molecule has 0 heterocycles. The van der Waals surface area contributed by atoms with Crippen LogP contribution in [0.25, 0.3) is 0 Å². The number of hydrogen-bond donors (Lipinski definition) is 1. The Kier molecular flexibility index (Phi) is 5.86. The summed E-state index contributed by atoms with van der Waals surface area (Å²) in [6.45, 7) is 1.59. The van der Waals surface area contributed by atoms with Crippen LogP contribution >= 0.6 is 11.6 Å². The maximum atomic E-state index is 13.0. The van der Waals surface area contributed by atoms with E-state index in [1.165, 1.54) is 17.7 Å². The first kappa shape index (κ1) is 19.8. The molecule has 0 radical (unpaired) electrons. The van der Waals surface area contributed by atoms with E-state index >= 15 is 0 Å². The third-order valence-electron chi connectivity index (χ3n) is 4.92. The SMILES string of the molecule is C[C@@H](CS(=O)(=O)c1ccc(F)cc1)C(=O)NC1CC(c2ccc(Cl)cc2)C1. The molecule has 4 nitrogen and oxygen atoms in total. The zero-order valence-corrected chi connectivity index (χ0v) is 16.4. The lowest BCUT2D eigenvalue weighted by Gasteiger charge is -2.36. The number of amides is 1. The summed E-state index contributed by atoms with van der Waals surface area (Å²) in [6, 6.07) is 12.4. The predicted molar refractivity (Wildman–Crippen MR) is 103 cm³/mol. The molecule has 0 bridgehead atoms. The number of benzene rings is 2. The maximum Gasteiger partial charge on any atom is 0.224 e.